The second-order valence-electron chi connectivity index (χ2n) is 6.96. The molecule has 5 rings (SSSR count). The SMILES string of the molecule is C[C@@H](O)[C@H](Nc1ncnc2nc[nH]c12)c1nc2ccc(F)cc2n1-c1ccccc1. The fourth-order valence-corrected chi connectivity index (χ4v) is 3.55. The predicted octanol–water partition coefficient (Wildman–Crippen LogP) is 3.36. The number of aliphatic hydroxyl groups is 1. The quantitative estimate of drug-likeness (QED) is 0.416. The molecule has 9 heteroatoms. The largest absolute Gasteiger partial charge is 0.391 e. The van der Waals surface area contributed by atoms with Gasteiger partial charge in [0.2, 0.25) is 0 Å². The summed E-state index contributed by atoms with van der Waals surface area (Å²) in [6, 6.07) is 13.3. The van der Waals surface area contributed by atoms with E-state index in [1.165, 1.54) is 24.8 Å². The van der Waals surface area contributed by atoms with Crippen molar-refractivity contribution in [1.82, 2.24) is 29.5 Å². The van der Waals surface area contributed by atoms with Gasteiger partial charge in [-0.2, -0.15) is 0 Å². The summed E-state index contributed by atoms with van der Waals surface area (Å²) in [4.78, 5) is 20.3. The highest BCUT2D eigenvalue weighted by molar-refractivity contribution is 5.82. The van der Waals surface area contributed by atoms with Crippen LogP contribution in [0.4, 0.5) is 10.2 Å². The van der Waals surface area contributed by atoms with E-state index >= 15 is 0 Å². The highest BCUT2D eigenvalue weighted by Crippen LogP contribution is 2.30. The van der Waals surface area contributed by atoms with Crippen LogP contribution in [0.5, 0.6) is 0 Å². The number of rotatable bonds is 5. The number of anilines is 1. The van der Waals surface area contributed by atoms with Crippen molar-refractivity contribution in [2.45, 2.75) is 19.1 Å². The van der Waals surface area contributed by atoms with E-state index in [0.717, 1.165) is 5.69 Å². The lowest BCUT2D eigenvalue weighted by Crippen LogP contribution is -2.26. The Labute approximate surface area is 170 Å². The van der Waals surface area contributed by atoms with E-state index in [1.54, 1.807) is 13.0 Å². The molecule has 150 valence electrons. The maximum absolute atomic E-state index is 14.1. The van der Waals surface area contributed by atoms with Crippen molar-refractivity contribution in [3.63, 3.8) is 0 Å². The van der Waals surface area contributed by atoms with Gasteiger partial charge in [0.15, 0.2) is 11.5 Å². The highest BCUT2D eigenvalue weighted by Gasteiger charge is 2.27. The summed E-state index contributed by atoms with van der Waals surface area (Å²) in [7, 11) is 0. The molecule has 3 heterocycles. The van der Waals surface area contributed by atoms with E-state index in [-0.39, 0.29) is 5.82 Å². The number of aromatic nitrogens is 6. The van der Waals surface area contributed by atoms with Crippen LogP contribution < -0.4 is 5.32 Å². The van der Waals surface area contributed by atoms with Crippen LogP contribution in [-0.2, 0) is 0 Å². The predicted molar refractivity (Wildman–Crippen MR) is 111 cm³/mol. The van der Waals surface area contributed by atoms with E-state index in [2.05, 4.69) is 25.3 Å². The summed E-state index contributed by atoms with van der Waals surface area (Å²) in [5.74, 6) is 0.659. The molecule has 5 aromatic rings. The van der Waals surface area contributed by atoms with Crippen molar-refractivity contribution >= 4 is 28.0 Å². The van der Waals surface area contributed by atoms with Crippen molar-refractivity contribution in [1.29, 1.82) is 0 Å². The number of aromatic amines is 1. The first kappa shape index (κ1) is 18.2. The fourth-order valence-electron chi connectivity index (χ4n) is 3.55. The minimum absolute atomic E-state index is 0.359. The third-order valence-corrected chi connectivity index (χ3v) is 4.93. The Morgan fingerprint density at radius 3 is 2.73 bits per heavy atom. The van der Waals surface area contributed by atoms with Crippen LogP contribution in [0.15, 0.2) is 61.2 Å². The average molecular weight is 403 g/mol. The molecule has 30 heavy (non-hydrogen) atoms. The van der Waals surface area contributed by atoms with Crippen LogP contribution in [0.2, 0.25) is 0 Å². The van der Waals surface area contributed by atoms with Crippen LogP contribution in [-0.4, -0.2) is 40.7 Å². The Hall–Kier alpha value is -3.85. The minimum Gasteiger partial charge on any atom is -0.391 e. The number of nitrogens with one attached hydrogen (secondary N) is 2. The van der Waals surface area contributed by atoms with E-state index in [9.17, 15) is 9.50 Å². The summed E-state index contributed by atoms with van der Waals surface area (Å²) >= 11 is 0. The van der Waals surface area contributed by atoms with Gasteiger partial charge >= 0.3 is 0 Å². The lowest BCUT2D eigenvalue weighted by molar-refractivity contribution is 0.168. The number of halogens is 1. The summed E-state index contributed by atoms with van der Waals surface area (Å²) in [6.07, 6.45) is 2.10. The Bertz CT molecular complexity index is 1330. The molecule has 0 radical (unpaired) electrons. The molecule has 0 aliphatic heterocycles. The maximum Gasteiger partial charge on any atom is 0.182 e. The Morgan fingerprint density at radius 1 is 1.10 bits per heavy atom. The number of H-pyrrole nitrogens is 1. The van der Waals surface area contributed by atoms with Gasteiger partial charge in [-0.05, 0) is 31.2 Å². The summed E-state index contributed by atoms with van der Waals surface area (Å²) in [5.41, 5.74) is 3.17. The molecule has 0 unspecified atom stereocenters. The number of hydrogen-bond donors (Lipinski definition) is 3. The molecule has 0 aliphatic rings. The first-order valence-electron chi connectivity index (χ1n) is 9.44. The molecule has 8 nitrogen and oxygen atoms in total. The molecular formula is C21H18FN7O. The van der Waals surface area contributed by atoms with Crippen LogP contribution in [0.3, 0.4) is 0 Å². The average Bonchev–Trinajstić information content (AvgIpc) is 3.37. The summed E-state index contributed by atoms with van der Waals surface area (Å²) < 4.78 is 15.9. The van der Waals surface area contributed by atoms with E-state index in [0.29, 0.717) is 33.8 Å². The van der Waals surface area contributed by atoms with Gasteiger partial charge in [-0.25, -0.2) is 24.3 Å². The number of nitrogens with zero attached hydrogens (tertiary/aromatic N) is 5. The number of hydrogen-bond acceptors (Lipinski definition) is 6. The zero-order valence-corrected chi connectivity index (χ0v) is 16.0. The van der Waals surface area contributed by atoms with Crippen molar-refractivity contribution in [3.8, 4) is 5.69 Å². The zero-order chi connectivity index (χ0) is 20.7. The molecule has 0 saturated heterocycles. The molecular weight excluding hydrogens is 385 g/mol. The second kappa shape index (κ2) is 7.20. The smallest absolute Gasteiger partial charge is 0.182 e. The standard InChI is InChI=1S/C21H18FN7O/c1-12(30)17(28-20-18-19(24-10-23-18)25-11-26-20)21-27-15-8-7-13(22)9-16(15)29(21)14-5-3-2-4-6-14/h2-12,17,30H,1H3,(H2,23,24,25,26,28)/t12-,17+/m1/s1. The summed E-state index contributed by atoms with van der Waals surface area (Å²) in [6.45, 7) is 1.66. The number of fused-ring (bicyclic) bond motifs is 2. The number of para-hydroxylation sites is 1. The van der Waals surface area contributed by atoms with Gasteiger partial charge in [0.05, 0.1) is 23.5 Å². The zero-order valence-electron chi connectivity index (χ0n) is 16.0. The van der Waals surface area contributed by atoms with E-state index in [4.69, 9.17) is 4.98 Å². The number of aliphatic hydroxyl groups excluding tert-OH is 1. The normalized spacial score (nSPS) is 13.6. The summed E-state index contributed by atoms with van der Waals surface area (Å²) in [5, 5.41) is 13.9. The molecule has 3 N–H and O–H groups in total. The van der Waals surface area contributed by atoms with E-state index < -0.39 is 12.1 Å². The molecule has 0 spiro atoms. The van der Waals surface area contributed by atoms with Crippen molar-refractivity contribution in [3.05, 3.63) is 72.8 Å². The monoisotopic (exact) mass is 403 g/mol. The van der Waals surface area contributed by atoms with Crippen molar-refractivity contribution in [2.75, 3.05) is 5.32 Å². The Balaban J connectivity index is 1.70. The Kier molecular flexibility index (Phi) is 4.36. The van der Waals surface area contributed by atoms with Crippen LogP contribution in [0.1, 0.15) is 18.8 Å². The third-order valence-electron chi connectivity index (χ3n) is 4.93. The fraction of sp³-hybridized carbons (Fsp3) is 0.143. The van der Waals surface area contributed by atoms with Crippen LogP contribution >= 0.6 is 0 Å². The second-order valence-corrected chi connectivity index (χ2v) is 6.96. The molecule has 0 saturated carbocycles. The molecule has 0 amide bonds. The first-order valence-corrected chi connectivity index (χ1v) is 9.44. The van der Waals surface area contributed by atoms with Gasteiger partial charge in [0, 0.05) is 11.8 Å². The van der Waals surface area contributed by atoms with Crippen LogP contribution in [0.25, 0.3) is 27.9 Å². The van der Waals surface area contributed by atoms with E-state index in [1.807, 2.05) is 34.9 Å². The third kappa shape index (κ3) is 3.05. The molecule has 0 bridgehead atoms. The highest BCUT2D eigenvalue weighted by atomic mass is 19.1. The van der Waals surface area contributed by atoms with Crippen molar-refractivity contribution in [2.24, 2.45) is 0 Å². The van der Waals surface area contributed by atoms with Gasteiger partial charge < -0.3 is 15.4 Å². The molecule has 0 aliphatic carbocycles. The number of benzene rings is 2. The van der Waals surface area contributed by atoms with Crippen LogP contribution in [0, 0.1) is 5.82 Å². The van der Waals surface area contributed by atoms with Gasteiger partial charge in [0.25, 0.3) is 0 Å². The van der Waals surface area contributed by atoms with Crippen molar-refractivity contribution < 1.29 is 9.50 Å². The lowest BCUT2D eigenvalue weighted by Gasteiger charge is -2.23. The molecule has 3 aromatic heterocycles. The topological polar surface area (TPSA) is 105 Å². The molecule has 2 atom stereocenters. The van der Waals surface area contributed by atoms with Gasteiger partial charge in [0.1, 0.15) is 29.5 Å². The van der Waals surface area contributed by atoms with Gasteiger partial charge in [-0.1, -0.05) is 18.2 Å². The Morgan fingerprint density at radius 2 is 1.93 bits per heavy atom. The lowest BCUT2D eigenvalue weighted by atomic mass is 10.1. The van der Waals surface area contributed by atoms with Gasteiger partial charge in [-0.3, -0.25) is 4.57 Å². The molecule has 2 aromatic carbocycles. The van der Waals surface area contributed by atoms with Gasteiger partial charge in [-0.15, -0.1) is 0 Å². The molecule has 0 fully saturated rings. The minimum atomic E-state index is -0.831. The maximum atomic E-state index is 14.1. The number of imidazole rings is 2. The first-order chi connectivity index (χ1) is 14.6.